The van der Waals surface area contributed by atoms with Crippen LogP contribution in [0.1, 0.15) is 12.5 Å². The highest BCUT2D eigenvalue weighted by atomic mass is 35.5. The lowest BCUT2D eigenvalue weighted by molar-refractivity contribution is -0.133. The van der Waals surface area contributed by atoms with Crippen molar-refractivity contribution < 1.29 is 23.4 Å². The zero-order chi connectivity index (χ0) is 18.6. The van der Waals surface area contributed by atoms with E-state index in [-0.39, 0.29) is 5.57 Å². The third-order valence-electron chi connectivity index (χ3n) is 3.72. The van der Waals surface area contributed by atoms with E-state index in [9.17, 15) is 18.7 Å². The van der Waals surface area contributed by atoms with Crippen molar-refractivity contribution in [3.05, 3.63) is 58.6 Å². The molecule has 3 rings (SSSR count). The van der Waals surface area contributed by atoms with Crippen molar-refractivity contribution in [1.29, 1.82) is 0 Å². The highest BCUT2D eigenvalue weighted by Crippen LogP contribution is 2.39. The van der Waals surface area contributed by atoms with Crippen LogP contribution < -0.4 is 4.74 Å². The van der Waals surface area contributed by atoms with Crippen LogP contribution in [-0.2, 0) is 4.79 Å². The molecule has 0 saturated carbocycles. The van der Waals surface area contributed by atoms with Gasteiger partial charge in [0.05, 0.1) is 12.8 Å². The minimum absolute atomic E-state index is 0.115. The Balaban J connectivity index is 0.00000109. The monoisotopic (exact) mass is 366 g/mol. The number of hydrogen-bond donors (Lipinski definition) is 1. The summed E-state index contributed by atoms with van der Waals surface area (Å²) in [6.07, 6.45) is -1.16. The number of carboxylic acid groups (broad SMARTS) is 1. The average Bonchev–Trinajstić information content (AvgIpc) is 2.62. The van der Waals surface area contributed by atoms with Crippen LogP contribution in [-0.4, -0.2) is 30.5 Å². The first-order valence-electron chi connectivity index (χ1n) is 7.49. The molecule has 132 valence electrons. The van der Waals surface area contributed by atoms with Crippen LogP contribution in [0.3, 0.4) is 0 Å². The maximum atomic E-state index is 13.7. The number of carbonyl (C=O) groups is 1. The van der Waals surface area contributed by atoms with Crippen LogP contribution in [0.25, 0.3) is 17.2 Å². The Morgan fingerprint density at radius 2 is 1.88 bits per heavy atom. The number of fused-ring (bicyclic) bond motifs is 1. The molecule has 0 amide bonds. The summed E-state index contributed by atoms with van der Waals surface area (Å²) < 4.78 is 28.8. The molecule has 0 spiro atoms. The second kappa shape index (κ2) is 8.12. The number of aliphatic carboxylic acids is 1. The van der Waals surface area contributed by atoms with Crippen LogP contribution >= 0.6 is 11.6 Å². The Bertz CT molecular complexity index is 789. The summed E-state index contributed by atoms with van der Waals surface area (Å²) in [5.41, 5.74) is 2.07. The summed E-state index contributed by atoms with van der Waals surface area (Å²) in [5.74, 6) is -0.777. The third kappa shape index (κ3) is 3.99. The predicted octanol–water partition coefficient (Wildman–Crippen LogP) is 5.18. The van der Waals surface area contributed by atoms with E-state index < -0.39 is 18.2 Å². The molecule has 0 radical (unpaired) electrons. The van der Waals surface area contributed by atoms with Gasteiger partial charge in [-0.15, -0.1) is 0 Å². The smallest absolute Gasteiger partial charge is 0.335 e. The van der Waals surface area contributed by atoms with Crippen molar-refractivity contribution in [3.63, 3.8) is 0 Å². The molecule has 2 atom stereocenters. The van der Waals surface area contributed by atoms with Gasteiger partial charge in [-0.3, -0.25) is 4.39 Å². The van der Waals surface area contributed by atoms with Gasteiger partial charge in [0.25, 0.3) is 0 Å². The molecule has 1 N–H and O–H groups in total. The minimum atomic E-state index is -1.44. The van der Waals surface area contributed by atoms with Crippen molar-refractivity contribution in [2.45, 2.75) is 19.2 Å². The number of halogens is 3. The molecule has 1 aliphatic heterocycles. The van der Waals surface area contributed by atoms with E-state index in [0.29, 0.717) is 23.5 Å². The number of carboxylic acids is 1. The molecule has 0 fully saturated rings. The van der Waals surface area contributed by atoms with Crippen LogP contribution in [0, 0.1) is 0 Å². The molecule has 25 heavy (non-hydrogen) atoms. The Labute approximate surface area is 149 Å². The Hall–Kier alpha value is -2.40. The van der Waals surface area contributed by atoms with Gasteiger partial charge in [0.2, 0.25) is 0 Å². The summed E-state index contributed by atoms with van der Waals surface area (Å²) >= 11 is 6.32. The zero-order valence-corrected chi connectivity index (χ0v) is 14.4. The first-order chi connectivity index (χ1) is 12.0. The first kappa shape index (κ1) is 18.9. The van der Waals surface area contributed by atoms with E-state index in [4.69, 9.17) is 16.3 Å². The molecule has 2 unspecified atom stereocenters. The fraction of sp³-hybridized carbons (Fsp3) is 0.211. The summed E-state index contributed by atoms with van der Waals surface area (Å²) in [7, 11) is 0.500. The first-order valence-corrected chi connectivity index (χ1v) is 7.87. The fourth-order valence-electron chi connectivity index (χ4n) is 2.60. The van der Waals surface area contributed by atoms with Crippen molar-refractivity contribution >= 4 is 23.6 Å². The number of rotatable bonds is 3. The van der Waals surface area contributed by atoms with Gasteiger partial charge in [-0.2, -0.15) is 0 Å². The minimum Gasteiger partial charge on any atom is -0.482 e. The average molecular weight is 367 g/mol. The molecule has 0 bridgehead atoms. The lowest BCUT2D eigenvalue weighted by Gasteiger charge is -2.27. The molecule has 0 aromatic heterocycles. The van der Waals surface area contributed by atoms with Crippen LogP contribution in [0.2, 0.25) is 5.02 Å². The number of hydrogen-bond acceptors (Lipinski definition) is 2. The van der Waals surface area contributed by atoms with Gasteiger partial charge >= 0.3 is 5.97 Å². The van der Waals surface area contributed by atoms with E-state index in [1.807, 2.05) is 30.3 Å². The molecular weight excluding hydrogens is 350 g/mol. The number of alkyl halides is 2. The van der Waals surface area contributed by atoms with Crippen LogP contribution in [0.15, 0.2) is 48.0 Å². The molecule has 2 aromatic rings. The quantitative estimate of drug-likeness (QED) is 0.814. The Kier molecular flexibility index (Phi) is 6.15. The van der Waals surface area contributed by atoms with Crippen molar-refractivity contribution in [3.8, 4) is 16.9 Å². The summed E-state index contributed by atoms with van der Waals surface area (Å²) in [6, 6.07) is 12.9. The Morgan fingerprint density at radius 1 is 1.24 bits per heavy atom. The Morgan fingerprint density at radius 3 is 2.44 bits per heavy atom. The van der Waals surface area contributed by atoms with Crippen molar-refractivity contribution in [1.82, 2.24) is 0 Å². The van der Waals surface area contributed by atoms with E-state index in [0.717, 1.165) is 11.1 Å². The van der Waals surface area contributed by atoms with Gasteiger partial charge in [-0.1, -0.05) is 41.9 Å². The van der Waals surface area contributed by atoms with E-state index in [2.05, 4.69) is 0 Å². The summed E-state index contributed by atoms with van der Waals surface area (Å²) in [5, 5.41) is 9.72. The lowest BCUT2D eigenvalue weighted by Crippen LogP contribution is -2.34. The van der Waals surface area contributed by atoms with Gasteiger partial charge in [0, 0.05) is 16.1 Å². The van der Waals surface area contributed by atoms with Gasteiger partial charge in [-0.05, 0) is 30.7 Å². The maximum Gasteiger partial charge on any atom is 0.335 e. The molecule has 0 saturated heterocycles. The van der Waals surface area contributed by atoms with E-state index >= 15 is 0 Å². The lowest BCUT2D eigenvalue weighted by atomic mass is 9.96. The fourth-order valence-corrected chi connectivity index (χ4v) is 2.88. The van der Waals surface area contributed by atoms with Gasteiger partial charge in [-0.25, -0.2) is 9.18 Å². The van der Waals surface area contributed by atoms with Crippen LogP contribution in [0.5, 0.6) is 5.75 Å². The SMILES string of the molecule is CC(F)C1Oc2cc(-c3ccccc3)c(Cl)cc2C=C1C(=O)O.CF. The predicted molar refractivity (Wildman–Crippen MR) is 94.5 cm³/mol. The van der Waals surface area contributed by atoms with Gasteiger partial charge < -0.3 is 9.84 Å². The van der Waals surface area contributed by atoms with Crippen LogP contribution in [0.4, 0.5) is 8.78 Å². The van der Waals surface area contributed by atoms with Gasteiger partial charge in [0.15, 0.2) is 6.10 Å². The molecule has 1 heterocycles. The number of ether oxygens (including phenoxy) is 1. The summed E-state index contributed by atoms with van der Waals surface area (Å²) in [6.45, 7) is 1.28. The van der Waals surface area contributed by atoms with Gasteiger partial charge in [0.1, 0.15) is 11.9 Å². The standard InChI is InChI=1S/C18H14ClFO3.CH3F/c1-10(20)17-14(18(21)22)7-12-8-15(19)13(9-16(12)23-17)11-5-3-2-4-6-11;1-2/h2-10,17H,1H3,(H,21,22);1H3. The highest BCUT2D eigenvalue weighted by molar-refractivity contribution is 6.33. The van der Waals surface area contributed by atoms with E-state index in [1.165, 1.54) is 13.0 Å². The summed E-state index contributed by atoms with van der Waals surface area (Å²) in [4.78, 5) is 11.3. The zero-order valence-electron chi connectivity index (χ0n) is 13.7. The third-order valence-corrected chi connectivity index (χ3v) is 4.03. The van der Waals surface area contributed by atoms with Crippen molar-refractivity contribution in [2.24, 2.45) is 0 Å². The second-order valence-electron chi connectivity index (χ2n) is 5.36. The second-order valence-corrected chi connectivity index (χ2v) is 5.76. The highest BCUT2D eigenvalue weighted by Gasteiger charge is 2.32. The molecule has 2 aromatic carbocycles. The van der Waals surface area contributed by atoms with Crippen molar-refractivity contribution in [2.75, 3.05) is 7.18 Å². The molecule has 3 nitrogen and oxygen atoms in total. The molecule has 0 aliphatic carbocycles. The number of benzene rings is 2. The molecular formula is C19H17ClF2O3. The molecule has 6 heteroatoms. The topological polar surface area (TPSA) is 46.5 Å². The maximum absolute atomic E-state index is 13.7. The van der Waals surface area contributed by atoms with E-state index in [1.54, 1.807) is 12.1 Å². The molecule has 1 aliphatic rings. The largest absolute Gasteiger partial charge is 0.482 e. The normalized spacial score (nSPS) is 16.5.